The Hall–Kier alpha value is -10.4. The summed E-state index contributed by atoms with van der Waals surface area (Å²) in [6, 6.07) is 29.7. The minimum Gasteiger partial charge on any atom is -0.484 e. The zero-order valence-corrected chi connectivity index (χ0v) is 37.5. The molecule has 0 saturated heterocycles. The number of ether oxygens (including phenoxy) is 2. The van der Waals surface area contributed by atoms with Crippen LogP contribution in [0.1, 0.15) is 73.8 Å². The summed E-state index contributed by atoms with van der Waals surface area (Å²) in [6.07, 6.45) is 3.14. The van der Waals surface area contributed by atoms with Gasteiger partial charge < -0.3 is 52.4 Å². The quantitative estimate of drug-likeness (QED) is 0.0320. The Morgan fingerprint density at radius 3 is 1.32 bits per heavy atom. The highest BCUT2D eigenvalue weighted by Crippen LogP contribution is 2.26. The third kappa shape index (κ3) is 10.7. The minimum atomic E-state index is -1.30. The third-order valence-electron chi connectivity index (χ3n) is 10.8. The number of hydrogen-bond acceptors (Lipinski definition) is 14. The van der Waals surface area contributed by atoms with E-state index in [1.165, 1.54) is 57.3 Å². The lowest BCUT2D eigenvalue weighted by atomic mass is 10.1. The molecule has 0 spiro atoms. The molecule has 0 aliphatic carbocycles. The normalized spacial score (nSPS) is 10.8. The number of ketones is 2. The number of nitrogens with zero attached hydrogens (tertiary/aromatic N) is 4. The van der Waals surface area contributed by atoms with Crippen molar-refractivity contribution in [3.05, 3.63) is 179 Å². The van der Waals surface area contributed by atoms with Crippen LogP contribution in [0.15, 0.2) is 134 Å². The van der Waals surface area contributed by atoms with Crippen LogP contribution in [0.2, 0.25) is 0 Å². The molecule has 0 fully saturated rings. The summed E-state index contributed by atoms with van der Waals surface area (Å²) >= 11 is 0. The fourth-order valence-electron chi connectivity index (χ4n) is 7.22. The molecule has 72 heavy (non-hydrogen) atoms. The lowest BCUT2D eigenvalue weighted by Crippen LogP contribution is -2.38. The highest BCUT2D eigenvalue weighted by molar-refractivity contribution is 6.13. The molecule has 0 aliphatic rings. The summed E-state index contributed by atoms with van der Waals surface area (Å²) in [6.45, 7) is -0.776. The maximum Gasteiger partial charge on any atom is 0.337 e. The SMILES string of the molecule is Nc1ccc(C(=O)c2nc(NC(=O)c3cccc(OCC(=O)NCCNC(=O)COc4cccc(C(=O)Nc5nc(C(=O)c6ccc(N)c(C(=O)O)c6)n6ccccc56)c4)c3)c3ccccn23)cc1C(=O)O. The van der Waals surface area contributed by atoms with Crippen molar-refractivity contribution >= 4 is 81.2 Å². The molecule has 8 rings (SSSR count). The van der Waals surface area contributed by atoms with Gasteiger partial charge in [-0.1, -0.05) is 24.3 Å². The summed E-state index contributed by atoms with van der Waals surface area (Å²) in [5.41, 5.74) is 12.1. The molecule has 4 aromatic carbocycles. The first kappa shape index (κ1) is 48.1. The summed E-state index contributed by atoms with van der Waals surface area (Å²) in [5, 5.41) is 29.6. The second-order valence-electron chi connectivity index (χ2n) is 15.6. The molecule has 22 nitrogen and oxygen atoms in total. The van der Waals surface area contributed by atoms with Crippen molar-refractivity contribution in [2.45, 2.75) is 0 Å². The first-order valence-corrected chi connectivity index (χ1v) is 21.6. The van der Waals surface area contributed by atoms with E-state index in [1.807, 2.05) is 0 Å². The average molecular weight is 973 g/mol. The van der Waals surface area contributed by atoms with E-state index in [4.69, 9.17) is 20.9 Å². The van der Waals surface area contributed by atoms with Crippen LogP contribution in [0, 0.1) is 0 Å². The van der Waals surface area contributed by atoms with Gasteiger partial charge in [-0.3, -0.25) is 37.6 Å². The number of carboxylic acid groups (broad SMARTS) is 2. The van der Waals surface area contributed by atoms with E-state index in [0.717, 1.165) is 12.1 Å². The largest absolute Gasteiger partial charge is 0.484 e. The van der Waals surface area contributed by atoms with Gasteiger partial charge in [0.25, 0.3) is 23.6 Å². The molecule has 0 radical (unpaired) electrons. The number of hydrogen-bond donors (Lipinski definition) is 8. The Morgan fingerprint density at radius 2 is 0.917 bits per heavy atom. The Labute approximate surface area is 406 Å². The monoisotopic (exact) mass is 972 g/mol. The van der Waals surface area contributed by atoms with Crippen molar-refractivity contribution < 1.29 is 58.0 Å². The second-order valence-corrected chi connectivity index (χ2v) is 15.6. The molecule has 0 aliphatic heterocycles. The number of imidazole rings is 2. The zero-order valence-electron chi connectivity index (χ0n) is 37.5. The topological polar surface area (TPSA) is 330 Å². The summed E-state index contributed by atoms with van der Waals surface area (Å²) < 4.78 is 14.1. The molecule has 4 heterocycles. The van der Waals surface area contributed by atoms with Crippen molar-refractivity contribution in [1.29, 1.82) is 0 Å². The van der Waals surface area contributed by atoms with E-state index in [9.17, 15) is 48.6 Å². The van der Waals surface area contributed by atoms with Crippen LogP contribution in [0.25, 0.3) is 11.0 Å². The van der Waals surface area contributed by atoms with Crippen LogP contribution in [-0.4, -0.2) is 102 Å². The van der Waals surface area contributed by atoms with Gasteiger partial charge in [-0.2, -0.15) is 0 Å². The molecule has 4 amide bonds. The minimum absolute atomic E-state index is 0.0126. The van der Waals surface area contributed by atoms with Crippen molar-refractivity contribution in [2.75, 3.05) is 48.4 Å². The van der Waals surface area contributed by atoms with Crippen molar-refractivity contribution in [3.8, 4) is 11.5 Å². The molecule has 22 heteroatoms. The standard InChI is InChI=1S/C50H40N10O12/c51-35-15-13-27(23-33(35)49(67)68)41(63)45-55-43(37-11-1-3-19-59(37)45)57-47(65)29-7-5-9-31(21-29)71-25-39(61)53-17-18-54-40(62)26-72-32-10-6-8-30(22-32)48(66)58-44-38-12-2-4-20-60(38)46(56-44)42(64)28-14-16-36(52)34(24-28)50(69)70/h1-16,19-24H,17-18,25-26,51-52H2,(H,53,61)(H,54,62)(H,57,65)(H,58,66)(H,67,68)(H,69,70). The predicted molar refractivity (Wildman–Crippen MR) is 259 cm³/mol. The number of nitrogen functional groups attached to an aromatic ring is 2. The first-order valence-electron chi connectivity index (χ1n) is 21.6. The highest BCUT2D eigenvalue weighted by Gasteiger charge is 2.24. The number of rotatable bonds is 19. The van der Waals surface area contributed by atoms with Gasteiger partial charge in [-0.05, 0) is 97.1 Å². The van der Waals surface area contributed by atoms with Gasteiger partial charge in [-0.25, -0.2) is 19.6 Å². The van der Waals surface area contributed by atoms with Crippen LogP contribution in [0.5, 0.6) is 11.5 Å². The highest BCUT2D eigenvalue weighted by atomic mass is 16.5. The van der Waals surface area contributed by atoms with E-state index in [2.05, 4.69) is 31.2 Å². The number of pyridine rings is 2. The number of fused-ring (bicyclic) bond motifs is 2. The molecule has 0 saturated carbocycles. The van der Waals surface area contributed by atoms with Crippen LogP contribution in [0.3, 0.4) is 0 Å². The van der Waals surface area contributed by atoms with Crippen LogP contribution >= 0.6 is 0 Å². The molecule has 0 bridgehead atoms. The molecule has 0 unspecified atom stereocenters. The molecule has 362 valence electrons. The lowest BCUT2D eigenvalue weighted by Gasteiger charge is -2.10. The smallest absolute Gasteiger partial charge is 0.337 e. The maximum atomic E-state index is 13.5. The number of carboxylic acids is 2. The van der Waals surface area contributed by atoms with Crippen LogP contribution in [-0.2, 0) is 9.59 Å². The summed E-state index contributed by atoms with van der Waals surface area (Å²) in [5.74, 6) is -5.74. The summed E-state index contributed by atoms with van der Waals surface area (Å²) in [4.78, 5) is 111. The predicted octanol–water partition coefficient (Wildman–Crippen LogP) is 4.20. The number of nitrogens with two attached hydrogens (primary N) is 2. The number of carbonyl (C=O) groups excluding carboxylic acids is 6. The second kappa shape index (κ2) is 20.9. The molecule has 4 aromatic heterocycles. The van der Waals surface area contributed by atoms with Gasteiger partial charge in [0.15, 0.2) is 36.5 Å². The zero-order chi connectivity index (χ0) is 51.1. The number of amides is 4. The number of aromatic nitrogens is 4. The third-order valence-corrected chi connectivity index (χ3v) is 10.8. The Bertz CT molecular complexity index is 3280. The van der Waals surface area contributed by atoms with Crippen LogP contribution in [0.4, 0.5) is 23.0 Å². The first-order chi connectivity index (χ1) is 34.6. The van der Waals surface area contributed by atoms with E-state index in [-0.39, 0.29) is 92.6 Å². The van der Waals surface area contributed by atoms with E-state index in [0.29, 0.717) is 11.0 Å². The van der Waals surface area contributed by atoms with Gasteiger partial charge in [-0.15, -0.1) is 0 Å². The average Bonchev–Trinajstić information content (AvgIpc) is 3.94. The van der Waals surface area contributed by atoms with E-state index >= 15 is 0 Å². The van der Waals surface area contributed by atoms with Crippen molar-refractivity contribution in [2.24, 2.45) is 0 Å². The summed E-state index contributed by atoms with van der Waals surface area (Å²) in [7, 11) is 0. The van der Waals surface area contributed by atoms with Gasteiger partial charge >= 0.3 is 11.9 Å². The number of nitrogens with one attached hydrogen (secondary N) is 4. The molecule has 10 N–H and O–H groups in total. The van der Waals surface area contributed by atoms with E-state index < -0.39 is 60.3 Å². The fourth-order valence-corrected chi connectivity index (χ4v) is 7.22. The van der Waals surface area contributed by atoms with Gasteiger partial charge in [0.05, 0.1) is 22.2 Å². The van der Waals surface area contributed by atoms with Crippen molar-refractivity contribution in [1.82, 2.24) is 29.4 Å². The van der Waals surface area contributed by atoms with Gasteiger partial charge in [0, 0.05) is 59.1 Å². The Balaban J connectivity index is 0.788. The number of carbonyl (C=O) groups is 8. The number of anilines is 4. The van der Waals surface area contributed by atoms with Gasteiger partial charge in [0.1, 0.15) is 11.5 Å². The lowest BCUT2D eigenvalue weighted by molar-refractivity contribution is -0.124. The number of benzene rings is 4. The van der Waals surface area contributed by atoms with Crippen molar-refractivity contribution in [3.63, 3.8) is 0 Å². The molecular formula is C50H40N10O12. The maximum absolute atomic E-state index is 13.5. The van der Waals surface area contributed by atoms with E-state index in [1.54, 1.807) is 73.1 Å². The molecule has 0 atom stereocenters. The Kier molecular flexibility index (Phi) is 13.9. The number of aromatic carboxylic acids is 2. The molecule has 8 aromatic rings. The Morgan fingerprint density at radius 1 is 0.500 bits per heavy atom. The van der Waals surface area contributed by atoms with Gasteiger partial charge in [0.2, 0.25) is 11.6 Å². The van der Waals surface area contributed by atoms with Crippen LogP contribution < -0.4 is 42.2 Å². The molecular weight excluding hydrogens is 933 g/mol. The fraction of sp³-hybridized carbons (Fsp3) is 0.0800.